The molecule has 0 aliphatic carbocycles. The molecule has 0 radical (unpaired) electrons. The van der Waals surface area contributed by atoms with Crippen LogP contribution < -0.4 is 4.74 Å². The van der Waals surface area contributed by atoms with Gasteiger partial charge >= 0.3 is 5.97 Å². The van der Waals surface area contributed by atoms with Crippen LogP contribution in [0.25, 0.3) is 11.3 Å². The minimum atomic E-state index is -0.557. The molecule has 1 heterocycles. The monoisotopic (exact) mass is 233 g/mol. The van der Waals surface area contributed by atoms with E-state index in [4.69, 9.17) is 9.26 Å². The maximum absolute atomic E-state index is 11.2. The fourth-order valence-corrected chi connectivity index (χ4v) is 1.46. The molecule has 0 amide bonds. The molecule has 5 heteroatoms. The van der Waals surface area contributed by atoms with E-state index in [2.05, 4.69) is 9.89 Å². The zero-order valence-electron chi connectivity index (χ0n) is 9.47. The number of esters is 1. The molecular weight excluding hydrogens is 222 g/mol. The molecule has 0 aliphatic heterocycles. The summed E-state index contributed by atoms with van der Waals surface area (Å²) in [5.74, 6) is 0.171. The number of rotatable bonds is 3. The second kappa shape index (κ2) is 4.69. The van der Waals surface area contributed by atoms with Crippen LogP contribution in [0.3, 0.4) is 0 Å². The van der Waals surface area contributed by atoms with Gasteiger partial charge in [0, 0.05) is 11.6 Å². The number of carbonyl (C=O) groups is 1. The first-order valence-electron chi connectivity index (χ1n) is 4.94. The van der Waals surface area contributed by atoms with Gasteiger partial charge in [-0.1, -0.05) is 17.3 Å². The molecule has 2 aromatic rings. The Bertz CT molecular complexity index is 533. The van der Waals surface area contributed by atoms with Crippen molar-refractivity contribution in [2.24, 2.45) is 0 Å². The minimum Gasteiger partial charge on any atom is -0.496 e. The second-order valence-electron chi connectivity index (χ2n) is 3.27. The van der Waals surface area contributed by atoms with Gasteiger partial charge in [-0.2, -0.15) is 0 Å². The number of carbonyl (C=O) groups excluding carboxylic acids is 1. The van der Waals surface area contributed by atoms with Crippen molar-refractivity contribution in [2.45, 2.75) is 0 Å². The van der Waals surface area contributed by atoms with Crippen LogP contribution in [0.5, 0.6) is 5.75 Å². The van der Waals surface area contributed by atoms with E-state index >= 15 is 0 Å². The summed E-state index contributed by atoms with van der Waals surface area (Å²) >= 11 is 0. The zero-order valence-corrected chi connectivity index (χ0v) is 9.47. The van der Waals surface area contributed by atoms with Crippen LogP contribution in [-0.4, -0.2) is 25.3 Å². The lowest BCUT2D eigenvalue weighted by atomic mass is 10.1. The van der Waals surface area contributed by atoms with Gasteiger partial charge in [0.1, 0.15) is 11.4 Å². The van der Waals surface area contributed by atoms with E-state index in [0.29, 0.717) is 11.4 Å². The minimum absolute atomic E-state index is 0.0633. The number of nitrogens with zero attached hydrogens (tertiary/aromatic N) is 1. The summed E-state index contributed by atoms with van der Waals surface area (Å²) < 4.78 is 14.6. The lowest BCUT2D eigenvalue weighted by molar-refractivity contribution is 0.0554. The fourth-order valence-electron chi connectivity index (χ4n) is 1.46. The van der Waals surface area contributed by atoms with E-state index in [1.54, 1.807) is 7.11 Å². The number of hydrogen-bond donors (Lipinski definition) is 0. The van der Waals surface area contributed by atoms with Gasteiger partial charge in [-0.3, -0.25) is 0 Å². The average Bonchev–Trinajstić information content (AvgIpc) is 2.87. The molecule has 0 spiro atoms. The summed E-state index contributed by atoms with van der Waals surface area (Å²) in [5.41, 5.74) is 1.29. The van der Waals surface area contributed by atoms with Crippen LogP contribution in [0.4, 0.5) is 0 Å². The van der Waals surface area contributed by atoms with E-state index in [-0.39, 0.29) is 5.76 Å². The van der Waals surface area contributed by atoms with Gasteiger partial charge in [0.2, 0.25) is 5.76 Å². The quantitative estimate of drug-likeness (QED) is 0.760. The lowest BCUT2D eigenvalue weighted by Crippen LogP contribution is -1.98. The van der Waals surface area contributed by atoms with Crippen LogP contribution in [0.2, 0.25) is 0 Å². The fraction of sp³-hybridized carbons (Fsp3) is 0.167. The van der Waals surface area contributed by atoms with E-state index in [1.807, 2.05) is 24.3 Å². The van der Waals surface area contributed by atoms with Crippen molar-refractivity contribution < 1.29 is 18.8 Å². The van der Waals surface area contributed by atoms with E-state index < -0.39 is 5.97 Å². The van der Waals surface area contributed by atoms with E-state index in [0.717, 1.165) is 5.56 Å². The summed E-state index contributed by atoms with van der Waals surface area (Å²) in [4.78, 5) is 11.2. The molecule has 0 aliphatic rings. The van der Waals surface area contributed by atoms with E-state index in [9.17, 15) is 4.79 Å². The highest BCUT2D eigenvalue weighted by molar-refractivity contribution is 5.87. The third-order valence-corrected chi connectivity index (χ3v) is 2.28. The van der Waals surface area contributed by atoms with Crippen molar-refractivity contribution in [1.29, 1.82) is 0 Å². The van der Waals surface area contributed by atoms with Crippen molar-refractivity contribution >= 4 is 5.97 Å². The number of methoxy groups -OCH3 is 2. The normalized spacial score (nSPS) is 10.0. The Kier molecular flexibility index (Phi) is 3.09. The molecule has 1 aromatic heterocycles. The Labute approximate surface area is 97.9 Å². The molecule has 0 bridgehead atoms. The lowest BCUT2D eigenvalue weighted by Gasteiger charge is -2.03. The van der Waals surface area contributed by atoms with Crippen molar-refractivity contribution in [3.8, 4) is 17.0 Å². The molecule has 17 heavy (non-hydrogen) atoms. The molecule has 5 nitrogen and oxygen atoms in total. The third kappa shape index (κ3) is 2.13. The smallest absolute Gasteiger partial charge is 0.376 e. The molecule has 0 fully saturated rings. The van der Waals surface area contributed by atoms with Crippen LogP contribution in [0.15, 0.2) is 34.9 Å². The van der Waals surface area contributed by atoms with E-state index in [1.165, 1.54) is 13.2 Å². The number of aromatic nitrogens is 1. The Morgan fingerprint density at radius 3 is 2.76 bits per heavy atom. The first-order valence-corrected chi connectivity index (χ1v) is 4.94. The molecule has 0 atom stereocenters. The average molecular weight is 233 g/mol. The molecule has 1 aromatic carbocycles. The highest BCUT2D eigenvalue weighted by Crippen LogP contribution is 2.28. The summed E-state index contributed by atoms with van der Waals surface area (Å²) in [7, 11) is 2.85. The van der Waals surface area contributed by atoms with Gasteiger partial charge in [0.25, 0.3) is 0 Å². The van der Waals surface area contributed by atoms with Gasteiger partial charge in [0.15, 0.2) is 0 Å². The summed E-state index contributed by atoms with van der Waals surface area (Å²) in [6, 6.07) is 8.86. The first kappa shape index (κ1) is 11.2. The van der Waals surface area contributed by atoms with Gasteiger partial charge in [-0.25, -0.2) is 4.79 Å². The highest BCUT2D eigenvalue weighted by Gasteiger charge is 2.16. The Hall–Kier alpha value is -2.30. The Morgan fingerprint density at radius 1 is 1.29 bits per heavy atom. The second-order valence-corrected chi connectivity index (χ2v) is 3.27. The predicted octanol–water partition coefficient (Wildman–Crippen LogP) is 2.14. The Balaban J connectivity index is 2.40. The molecule has 0 N–H and O–H groups in total. The number of hydrogen-bond acceptors (Lipinski definition) is 5. The highest BCUT2D eigenvalue weighted by atomic mass is 16.5. The zero-order chi connectivity index (χ0) is 12.3. The third-order valence-electron chi connectivity index (χ3n) is 2.28. The number of benzene rings is 1. The standard InChI is InChI=1S/C12H11NO4/c1-15-10-6-4-3-5-8(10)9-7-11(17-13-9)12(14)16-2/h3-7H,1-2H3. The van der Waals surface area contributed by atoms with Gasteiger partial charge < -0.3 is 14.0 Å². The van der Waals surface area contributed by atoms with Gasteiger partial charge in [-0.05, 0) is 12.1 Å². The molecule has 88 valence electrons. The maximum atomic E-state index is 11.2. The summed E-state index contributed by atoms with van der Waals surface area (Å²) in [5, 5.41) is 3.81. The predicted molar refractivity (Wildman–Crippen MR) is 59.8 cm³/mol. The van der Waals surface area contributed by atoms with Gasteiger partial charge in [-0.15, -0.1) is 0 Å². The van der Waals surface area contributed by atoms with Crippen molar-refractivity contribution in [1.82, 2.24) is 5.16 Å². The Morgan fingerprint density at radius 2 is 2.06 bits per heavy atom. The molecule has 0 saturated carbocycles. The molecule has 0 unspecified atom stereocenters. The SMILES string of the molecule is COC(=O)c1cc(-c2ccccc2OC)no1. The number of ether oxygens (including phenoxy) is 2. The number of para-hydroxylation sites is 1. The molecule has 2 rings (SSSR count). The topological polar surface area (TPSA) is 61.6 Å². The summed E-state index contributed by atoms with van der Waals surface area (Å²) in [6.45, 7) is 0. The van der Waals surface area contributed by atoms with Crippen LogP contribution in [0.1, 0.15) is 10.6 Å². The van der Waals surface area contributed by atoms with Crippen molar-refractivity contribution in [3.63, 3.8) is 0 Å². The van der Waals surface area contributed by atoms with Gasteiger partial charge in [0.05, 0.1) is 14.2 Å². The molecule has 0 saturated heterocycles. The van der Waals surface area contributed by atoms with Crippen LogP contribution >= 0.6 is 0 Å². The molecular formula is C12H11NO4. The van der Waals surface area contributed by atoms with Crippen molar-refractivity contribution in [2.75, 3.05) is 14.2 Å². The summed E-state index contributed by atoms with van der Waals surface area (Å²) in [6.07, 6.45) is 0. The maximum Gasteiger partial charge on any atom is 0.376 e. The largest absolute Gasteiger partial charge is 0.496 e. The van der Waals surface area contributed by atoms with Crippen molar-refractivity contribution in [3.05, 3.63) is 36.1 Å². The van der Waals surface area contributed by atoms with Crippen LogP contribution in [-0.2, 0) is 4.74 Å². The van der Waals surface area contributed by atoms with Crippen LogP contribution in [0, 0.1) is 0 Å². The first-order chi connectivity index (χ1) is 8.26.